The van der Waals surface area contributed by atoms with Gasteiger partial charge in [-0.2, -0.15) is 0 Å². The highest BCUT2D eigenvalue weighted by Crippen LogP contribution is 2.23. The second-order valence-corrected chi connectivity index (χ2v) is 8.72. The van der Waals surface area contributed by atoms with Crippen molar-refractivity contribution in [2.75, 3.05) is 13.1 Å². The molecule has 2 aromatic rings. The fourth-order valence-corrected chi connectivity index (χ4v) is 4.12. The van der Waals surface area contributed by atoms with Crippen molar-refractivity contribution in [2.45, 2.75) is 52.1 Å². The molecule has 0 aromatic heterocycles. The van der Waals surface area contributed by atoms with E-state index in [1.165, 1.54) is 18.2 Å². The fraction of sp³-hybridized carbons (Fsp3) is 0.423. The molecule has 0 bridgehead atoms. The predicted octanol–water partition coefficient (Wildman–Crippen LogP) is 3.70. The van der Waals surface area contributed by atoms with Gasteiger partial charge in [-0.25, -0.2) is 4.39 Å². The number of carbonyl (C=O) groups is 3. The summed E-state index contributed by atoms with van der Waals surface area (Å²) in [5, 5.41) is 5.94. The zero-order valence-corrected chi connectivity index (χ0v) is 19.4. The molecular weight excluding hydrogens is 421 g/mol. The van der Waals surface area contributed by atoms with Crippen LogP contribution in [0.15, 0.2) is 48.5 Å². The highest BCUT2D eigenvalue weighted by Gasteiger charge is 2.34. The molecular formula is C26H32FN3O3. The molecule has 1 fully saturated rings. The van der Waals surface area contributed by atoms with Gasteiger partial charge in [0.1, 0.15) is 11.9 Å². The lowest BCUT2D eigenvalue weighted by Crippen LogP contribution is -2.55. The number of nitrogens with one attached hydrogen (secondary N) is 2. The highest BCUT2D eigenvalue weighted by atomic mass is 19.1. The minimum absolute atomic E-state index is 0.00925. The summed E-state index contributed by atoms with van der Waals surface area (Å²) in [6, 6.07) is 12.2. The summed E-state index contributed by atoms with van der Waals surface area (Å²) in [6.45, 7) is 6.65. The normalized spacial score (nSPS) is 16.1. The van der Waals surface area contributed by atoms with Crippen LogP contribution in [0.4, 0.5) is 4.39 Å². The van der Waals surface area contributed by atoms with Gasteiger partial charge in [-0.3, -0.25) is 14.4 Å². The van der Waals surface area contributed by atoms with Crippen LogP contribution in [-0.2, 0) is 4.79 Å². The van der Waals surface area contributed by atoms with Gasteiger partial charge >= 0.3 is 0 Å². The summed E-state index contributed by atoms with van der Waals surface area (Å²) < 4.78 is 13.5. The lowest BCUT2D eigenvalue weighted by Gasteiger charge is -2.36. The predicted molar refractivity (Wildman–Crippen MR) is 125 cm³/mol. The molecule has 1 aliphatic rings. The first kappa shape index (κ1) is 24.4. The van der Waals surface area contributed by atoms with Crippen LogP contribution in [0.3, 0.4) is 0 Å². The molecule has 0 spiro atoms. The number of benzene rings is 2. The fourth-order valence-electron chi connectivity index (χ4n) is 4.12. The Morgan fingerprint density at radius 3 is 2.39 bits per heavy atom. The first-order valence-corrected chi connectivity index (χ1v) is 11.5. The standard InChI is InChI=1S/C26H32FN3O3/c1-4-18(3)28-25(32)23(29-24(31)22-11-6-5-8-17(22)2)19-12-14-30(15-13-19)26(33)20-9-7-10-21(27)16-20/h5-11,16,18-19,23H,4,12-15H2,1-3H3,(H,28,32)(H,29,31)/t18-,23+/m0/s1. The van der Waals surface area contributed by atoms with Crippen LogP contribution in [0.25, 0.3) is 0 Å². The van der Waals surface area contributed by atoms with Gasteiger partial charge in [0, 0.05) is 30.3 Å². The van der Waals surface area contributed by atoms with Crippen LogP contribution in [0, 0.1) is 18.7 Å². The Balaban J connectivity index is 1.71. The molecule has 7 heteroatoms. The molecule has 1 aliphatic heterocycles. The average Bonchev–Trinajstić information content (AvgIpc) is 2.82. The van der Waals surface area contributed by atoms with E-state index in [0.717, 1.165) is 12.0 Å². The Morgan fingerprint density at radius 1 is 1.06 bits per heavy atom. The molecule has 0 saturated carbocycles. The first-order chi connectivity index (χ1) is 15.8. The molecule has 0 aliphatic carbocycles. The molecule has 0 radical (unpaired) electrons. The molecule has 33 heavy (non-hydrogen) atoms. The zero-order valence-electron chi connectivity index (χ0n) is 19.4. The van der Waals surface area contributed by atoms with E-state index in [1.807, 2.05) is 32.9 Å². The number of carbonyl (C=O) groups excluding carboxylic acids is 3. The molecule has 3 amide bonds. The molecule has 6 nitrogen and oxygen atoms in total. The minimum atomic E-state index is -0.697. The number of aryl methyl sites for hydroxylation is 1. The number of hydrogen-bond donors (Lipinski definition) is 2. The zero-order chi connectivity index (χ0) is 24.0. The summed E-state index contributed by atoms with van der Waals surface area (Å²) in [7, 11) is 0. The van der Waals surface area contributed by atoms with Gasteiger partial charge in [-0.1, -0.05) is 31.2 Å². The van der Waals surface area contributed by atoms with Crippen LogP contribution in [0.2, 0.25) is 0 Å². The number of piperidine rings is 1. The Labute approximate surface area is 194 Å². The van der Waals surface area contributed by atoms with Gasteiger partial charge in [0.2, 0.25) is 5.91 Å². The Morgan fingerprint density at radius 2 is 1.76 bits per heavy atom. The highest BCUT2D eigenvalue weighted by molar-refractivity contribution is 5.98. The van der Waals surface area contributed by atoms with E-state index in [0.29, 0.717) is 37.1 Å². The van der Waals surface area contributed by atoms with Gasteiger partial charge < -0.3 is 15.5 Å². The summed E-state index contributed by atoms with van der Waals surface area (Å²) >= 11 is 0. The van der Waals surface area contributed by atoms with Crippen molar-refractivity contribution in [3.05, 3.63) is 71.0 Å². The lowest BCUT2D eigenvalue weighted by atomic mass is 9.88. The van der Waals surface area contributed by atoms with Crippen LogP contribution in [0.5, 0.6) is 0 Å². The van der Waals surface area contributed by atoms with Crippen molar-refractivity contribution in [1.82, 2.24) is 15.5 Å². The maximum absolute atomic E-state index is 13.5. The second kappa shape index (κ2) is 11.1. The van der Waals surface area contributed by atoms with Crippen molar-refractivity contribution in [3.63, 3.8) is 0 Å². The maximum atomic E-state index is 13.5. The third-order valence-electron chi connectivity index (χ3n) is 6.33. The number of likely N-dealkylation sites (tertiary alicyclic amines) is 1. The number of rotatable bonds is 7. The minimum Gasteiger partial charge on any atom is -0.352 e. The van der Waals surface area contributed by atoms with E-state index in [4.69, 9.17) is 0 Å². The van der Waals surface area contributed by atoms with Crippen LogP contribution in [0.1, 0.15) is 59.4 Å². The third kappa shape index (κ3) is 6.18. The molecule has 1 saturated heterocycles. The van der Waals surface area contributed by atoms with Crippen molar-refractivity contribution in [1.29, 1.82) is 0 Å². The van der Waals surface area contributed by atoms with E-state index < -0.39 is 11.9 Å². The molecule has 1 heterocycles. The summed E-state index contributed by atoms with van der Waals surface area (Å²) in [5.74, 6) is -1.27. The summed E-state index contributed by atoms with van der Waals surface area (Å²) in [6.07, 6.45) is 1.91. The number of amides is 3. The van der Waals surface area contributed by atoms with Gasteiger partial charge in [0.25, 0.3) is 11.8 Å². The van der Waals surface area contributed by atoms with E-state index in [-0.39, 0.29) is 29.7 Å². The Hall–Kier alpha value is -3.22. The molecule has 2 N–H and O–H groups in total. The second-order valence-electron chi connectivity index (χ2n) is 8.72. The Kier molecular flexibility index (Phi) is 8.20. The van der Waals surface area contributed by atoms with E-state index in [2.05, 4.69) is 10.6 Å². The molecule has 2 atom stereocenters. The Bertz CT molecular complexity index is 1000. The van der Waals surface area contributed by atoms with Crippen molar-refractivity contribution >= 4 is 17.7 Å². The SMILES string of the molecule is CC[C@H](C)NC(=O)[C@H](NC(=O)c1ccccc1C)C1CCN(C(=O)c2cccc(F)c2)CC1. The van der Waals surface area contributed by atoms with E-state index >= 15 is 0 Å². The van der Waals surface area contributed by atoms with Gasteiger partial charge in [-0.05, 0) is 68.9 Å². The summed E-state index contributed by atoms with van der Waals surface area (Å²) in [4.78, 5) is 40.5. The maximum Gasteiger partial charge on any atom is 0.253 e. The number of nitrogens with zero attached hydrogens (tertiary/aromatic N) is 1. The van der Waals surface area contributed by atoms with Crippen molar-refractivity contribution in [3.8, 4) is 0 Å². The van der Waals surface area contributed by atoms with Gasteiger partial charge in [-0.15, -0.1) is 0 Å². The number of halogens is 1. The topological polar surface area (TPSA) is 78.5 Å². The van der Waals surface area contributed by atoms with Crippen molar-refractivity contribution in [2.24, 2.45) is 5.92 Å². The van der Waals surface area contributed by atoms with Crippen LogP contribution < -0.4 is 10.6 Å². The van der Waals surface area contributed by atoms with Crippen LogP contribution in [-0.4, -0.2) is 47.8 Å². The van der Waals surface area contributed by atoms with Gasteiger partial charge in [0.05, 0.1) is 0 Å². The quantitative estimate of drug-likeness (QED) is 0.671. The largest absolute Gasteiger partial charge is 0.352 e. The monoisotopic (exact) mass is 453 g/mol. The average molecular weight is 454 g/mol. The molecule has 176 valence electrons. The molecule has 3 rings (SSSR count). The van der Waals surface area contributed by atoms with Crippen LogP contribution >= 0.6 is 0 Å². The summed E-state index contributed by atoms with van der Waals surface area (Å²) in [5.41, 5.74) is 1.69. The van der Waals surface area contributed by atoms with Crippen molar-refractivity contribution < 1.29 is 18.8 Å². The third-order valence-corrected chi connectivity index (χ3v) is 6.33. The van der Waals surface area contributed by atoms with Gasteiger partial charge in [0.15, 0.2) is 0 Å². The van der Waals surface area contributed by atoms with E-state index in [9.17, 15) is 18.8 Å². The van der Waals surface area contributed by atoms with E-state index in [1.54, 1.807) is 23.1 Å². The number of hydrogen-bond acceptors (Lipinski definition) is 3. The smallest absolute Gasteiger partial charge is 0.253 e. The molecule has 2 aromatic carbocycles. The first-order valence-electron chi connectivity index (χ1n) is 11.5. The lowest BCUT2D eigenvalue weighted by molar-refractivity contribution is -0.125. The molecule has 0 unspecified atom stereocenters.